The minimum Gasteiger partial charge on any atom is -0.504 e. The molecule has 0 aliphatic heterocycles. The molecule has 0 aliphatic carbocycles. The van der Waals surface area contributed by atoms with Gasteiger partial charge < -0.3 is 14.6 Å². The number of carbonyl (C=O) groups excluding carboxylic acids is 1. The third-order valence-corrected chi connectivity index (χ3v) is 1.84. The van der Waals surface area contributed by atoms with E-state index in [1.807, 2.05) is 6.92 Å². The number of methoxy groups -OCH3 is 1. The lowest BCUT2D eigenvalue weighted by Gasteiger charge is -2.05. The van der Waals surface area contributed by atoms with Crippen LogP contribution in [0, 0.1) is 0 Å². The maximum atomic E-state index is 10.7. The zero-order valence-corrected chi connectivity index (χ0v) is 9.64. The molecule has 0 bridgehead atoms. The van der Waals surface area contributed by atoms with Crippen LogP contribution in [0.25, 0.3) is 0 Å². The van der Waals surface area contributed by atoms with Gasteiger partial charge in [0.05, 0.1) is 19.9 Å². The summed E-state index contributed by atoms with van der Waals surface area (Å²) in [5.41, 5.74) is 2.83. The number of aromatic hydroxyl groups is 1. The van der Waals surface area contributed by atoms with Crippen molar-refractivity contribution in [2.24, 2.45) is 5.10 Å². The molecule has 0 fully saturated rings. The van der Waals surface area contributed by atoms with E-state index >= 15 is 0 Å². The van der Waals surface area contributed by atoms with Crippen LogP contribution in [-0.2, 0) is 4.74 Å². The Bertz CT molecular complexity index is 418. The highest BCUT2D eigenvalue weighted by Gasteiger charge is 2.02. The van der Waals surface area contributed by atoms with Crippen molar-refractivity contribution < 1.29 is 19.4 Å². The van der Waals surface area contributed by atoms with E-state index in [0.29, 0.717) is 17.9 Å². The molecular weight excluding hydrogens is 224 g/mol. The Morgan fingerprint density at radius 3 is 3.00 bits per heavy atom. The molecule has 0 spiro atoms. The summed E-state index contributed by atoms with van der Waals surface area (Å²) in [5, 5.41) is 13.1. The van der Waals surface area contributed by atoms with Crippen molar-refractivity contribution >= 4 is 12.3 Å². The molecule has 2 N–H and O–H groups in total. The highest BCUT2D eigenvalue weighted by atomic mass is 16.5. The second-order valence-electron chi connectivity index (χ2n) is 3.02. The molecule has 0 unspecified atom stereocenters. The third kappa shape index (κ3) is 4.02. The summed E-state index contributed by atoms with van der Waals surface area (Å²) >= 11 is 0. The van der Waals surface area contributed by atoms with Crippen LogP contribution < -0.4 is 10.2 Å². The van der Waals surface area contributed by atoms with Crippen molar-refractivity contribution in [3.05, 3.63) is 23.8 Å². The van der Waals surface area contributed by atoms with Crippen molar-refractivity contribution in [3.63, 3.8) is 0 Å². The van der Waals surface area contributed by atoms with Crippen LogP contribution in [-0.4, -0.2) is 31.1 Å². The molecule has 6 heteroatoms. The zero-order chi connectivity index (χ0) is 12.7. The van der Waals surface area contributed by atoms with Crippen LogP contribution in [0.2, 0.25) is 0 Å². The van der Waals surface area contributed by atoms with E-state index in [1.54, 1.807) is 12.1 Å². The van der Waals surface area contributed by atoms with Crippen molar-refractivity contribution in [2.75, 3.05) is 13.7 Å². The first kappa shape index (κ1) is 12.8. The van der Waals surface area contributed by atoms with Gasteiger partial charge in [0.15, 0.2) is 11.5 Å². The van der Waals surface area contributed by atoms with Gasteiger partial charge in [-0.25, -0.2) is 10.2 Å². The number of benzene rings is 1. The van der Waals surface area contributed by atoms with Crippen molar-refractivity contribution in [2.45, 2.75) is 6.92 Å². The molecule has 0 aliphatic rings. The topological polar surface area (TPSA) is 80.2 Å². The molecule has 6 nitrogen and oxygen atoms in total. The fraction of sp³-hybridized carbons (Fsp3) is 0.273. The lowest BCUT2D eigenvalue weighted by atomic mass is 10.2. The maximum Gasteiger partial charge on any atom is 0.427 e. The van der Waals surface area contributed by atoms with Gasteiger partial charge in [-0.05, 0) is 30.7 Å². The summed E-state index contributed by atoms with van der Waals surface area (Å²) in [6.45, 7) is 2.27. The molecule has 0 heterocycles. The fourth-order valence-corrected chi connectivity index (χ4v) is 1.09. The van der Waals surface area contributed by atoms with E-state index < -0.39 is 6.09 Å². The van der Waals surface area contributed by atoms with E-state index in [-0.39, 0.29) is 5.75 Å². The summed E-state index contributed by atoms with van der Waals surface area (Å²) in [5.74, 6) is 0.430. The molecule has 17 heavy (non-hydrogen) atoms. The maximum absolute atomic E-state index is 10.7. The van der Waals surface area contributed by atoms with Gasteiger partial charge in [0.1, 0.15) is 0 Å². The number of hydrazone groups is 1. The third-order valence-electron chi connectivity index (χ3n) is 1.84. The number of carbonyl (C=O) groups is 1. The normalized spacial score (nSPS) is 10.2. The first-order valence-corrected chi connectivity index (χ1v) is 5.00. The molecule has 1 aromatic carbocycles. The lowest BCUT2D eigenvalue weighted by Crippen LogP contribution is -2.16. The van der Waals surface area contributed by atoms with Gasteiger partial charge in [0.2, 0.25) is 0 Å². The fourth-order valence-electron chi connectivity index (χ4n) is 1.09. The number of amides is 1. The molecular formula is C11H14N2O4. The Kier molecular flexibility index (Phi) is 4.80. The predicted molar refractivity (Wildman–Crippen MR) is 62.4 cm³/mol. The molecule has 92 valence electrons. The van der Waals surface area contributed by atoms with Gasteiger partial charge in [-0.3, -0.25) is 0 Å². The number of phenolic OH excluding ortho intramolecular Hbond substituents is 1. The molecule has 1 rings (SSSR count). The minimum absolute atomic E-state index is 0.0601. The van der Waals surface area contributed by atoms with Gasteiger partial charge in [-0.1, -0.05) is 0 Å². The van der Waals surface area contributed by atoms with Crippen LogP contribution in [0.15, 0.2) is 23.3 Å². The Hall–Kier alpha value is -2.24. The lowest BCUT2D eigenvalue weighted by molar-refractivity contribution is 0.171. The quantitative estimate of drug-likeness (QED) is 0.615. The molecule has 1 aromatic rings. The monoisotopic (exact) mass is 238 g/mol. The standard InChI is InChI=1S/C11H14N2O4/c1-3-17-10-6-8(4-5-9(10)14)7-12-13-11(15)16-2/h4-7,14H,3H2,1-2H3,(H,13,15)/b12-7-. The van der Waals surface area contributed by atoms with E-state index in [1.165, 1.54) is 19.4 Å². The number of hydrogen-bond acceptors (Lipinski definition) is 5. The minimum atomic E-state index is -0.648. The van der Waals surface area contributed by atoms with Crippen LogP contribution >= 0.6 is 0 Å². The summed E-state index contributed by atoms with van der Waals surface area (Å²) in [6.07, 6.45) is 0.767. The first-order chi connectivity index (χ1) is 8.17. The number of hydrogen-bond donors (Lipinski definition) is 2. The van der Waals surface area contributed by atoms with Gasteiger partial charge in [0, 0.05) is 0 Å². The van der Waals surface area contributed by atoms with Gasteiger partial charge in [-0.2, -0.15) is 5.10 Å². The summed E-state index contributed by atoms with van der Waals surface area (Å²) in [7, 11) is 1.25. The largest absolute Gasteiger partial charge is 0.504 e. The van der Waals surface area contributed by atoms with Crippen molar-refractivity contribution in [1.29, 1.82) is 0 Å². The molecule has 0 saturated heterocycles. The van der Waals surface area contributed by atoms with E-state index in [2.05, 4.69) is 15.3 Å². The van der Waals surface area contributed by atoms with E-state index in [0.717, 1.165) is 0 Å². The number of rotatable bonds is 4. The van der Waals surface area contributed by atoms with E-state index in [9.17, 15) is 9.90 Å². The number of phenols is 1. The summed E-state index contributed by atoms with van der Waals surface area (Å²) in [4.78, 5) is 10.7. The molecule has 0 saturated carbocycles. The average Bonchev–Trinajstić information content (AvgIpc) is 2.33. The Labute approximate surface area is 98.9 Å². The number of nitrogens with zero attached hydrogens (tertiary/aromatic N) is 1. The second-order valence-corrected chi connectivity index (χ2v) is 3.02. The second kappa shape index (κ2) is 6.37. The molecule has 0 aromatic heterocycles. The smallest absolute Gasteiger partial charge is 0.427 e. The van der Waals surface area contributed by atoms with E-state index in [4.69, 9.17) is 4.74 Å². The summed E-state index contributed by atoms with van der Waals surface area (Å²) in [6, 6.07) is 4.74. The highest BCUT2D eigenvalue weighted by Crippen LogP contribution is 2.25. The summed E-state index contributed by atoms with van der Waals surface area (Å²) < 4.78 is 9.54. The van der Waals surface area contributed by atoms with Crippen molar-refractivity contribution in [3.8, 4) is 11.5 Å². The van der Waals surface area contributed by atoms with Gasteiger partial charge in [0.25, 0.3) is 0 Å². The highest BCUT2D eigenvalue weighted by molar-refractivity contribution is 5.81. The Balaban J connectivity index is 2.71. The van der Waals surface area contributed by atoms with Crippen LogP contribution in [0.5, 0.6) is 11.5 Å². The first-order valence-electron chi connectivity index (χ1n) is 5.00. The predicted octanol–water partition coefficient (Wildman–Crippen LogP) is 1.48. The van der Waals surface area contributed by atoms with Crippen LogP contribution in [0.3, 0.4) is 0 Å². The SMILES string of the molecule is CCOc1cc(/C=N\NC(=O)OC)ccc1O. The van der Waals surface area contributed by atoms with Crippen molar-refractivity contribution in [1.82, 2.24) is 5.43 Å². The Morgan fingerprint density at radius 1 is 1.59 bits per heavy atom. The molecule has 0 radical (unpaired) electrons. The Morgan fingerprint density at radius 2 is 2.35 bits per heavy atom. The number of ether oxygens (including phenoxy) is 2. The number of nitrogens with one attached hydrogen (secondary N) is 1. The van der Waals surface area contributed by atoms with Gasteiger partial charge >= 0.3 is 6.09 Å². The molecule has 1 amide bonds. The van der Waals surface area contributed by atoms with Crippen LogP contribution in [0.4, 0.5) is 4.79 Å². The van der Waals surface area contributed by atoms with Gasteiger partial charge in [-0.15, -0.1) is 0 Å². The average molecular weight is 238 g/mol. The molecule has 0 atom stereocenters. The van der Waals surface area contributed by atoms with Crippen LogP contribution in [0.1, 0.15) is 12.5 Å². The zero-order valence-electron chi connectivity index (χ0n) is 9.64.